The van der Waals surface area contributed by atoms with E-state index in [1.807, 2.05) is 0 Å². The fourth-order valence-corrected chi connectivity index (χ4v) is 3.48. The number of aromatic hydroxyl groups is 2. The smallest absolute Gasteiger partial charge is 0.295 e. The van der Waals surface area contributed by atoms with E-state index in [1.165, 1.54) is 24.3 Å². The third kappa shape index (κ3) is 3.10. The third-order valence-corrected chi connectivity index (χ3v) is 4.59. The van der Waals surface area contributed by atoms with Gasteiger partial charge in [-0.25, -0.2) is 0 Å². The lowest BCUT2D eigenvalue weighted by Gasteiger charge is -2.13. The molecule has 0 atom stereocenters. The Kier molecular flexibility index (Phi) is 4.01. The molecule has 0 aliphatic heterocycles. The van der Waals surface area contributed by atoms with Gasteiger partial charge in [0.2, 0.25) is 0 Å². The van der Waals surface area contributed by atoms with Gasteiger partial charge in [0, 0.05) is 11.1 Å². The van der Waals surface area contributed by atoms with Gasteiger partial charge in [-0.15, -0.1) is 0 Å². The van der Waals surface area contributed by atoms with E-state index < -0.39 is 10.1 Å². The van der Waals surface area contributed by atoms with Crippen molar-refractivity contribution >= 4 is 10.1 Å². The molecule has 0 unspecified atom stereocenters. The molecule has 3 aromatic carbocycles. The van der Waals surface area contributed by atoms with Crippen molar-refractivity contribution in [1.29, 1.82) is 0 Å². The quantitative estimate of drug-likeness (QED) is 0.631. The second kappa shape index (κ2) is 5.99. The standard InChI is InChI=1S/C18H14O5S/c19-14-8-4-12(5-9-14)16-2-1-3-17(18(16)24(21,22)23)13-6-10-15(20)11-7-13/h1-11,19-20H,(H,21,22,23). The molecule has 3 N–H and O–H groups in total. The monoisotopic (exact) mass is 342 g/mol. The molecular weight excluding hydrogens is 328 g/mol. The molecule has 0 aliphatic carbocycles. The first-order valence-corrected chi connectivity index (χ1v) is 8.49. The van der Waals surface area contributed by atoms with Crippen LogP contribution in [0.5, 0.6) is 11.5 Å². The summed E-state index contributed by atoms with van der Waals surface area (Å²) in [7, 11) is -4.51. The van der Waals surface area contributed by atoms with Crippen molar-refractivity contribution in [3.05, 3.63) is 66.7 Å². The molecule has 0 spiro atoms. The van der Waals surface area contributed by atoms with E-state index >= 15 is 0 Å². The maximum absolute atomic E-state index is 12.0. The van der Waals surface area contributed by atoms with Gasteiger partial charge in [-0.3, -0.25) is 4.55 Å². The number of hydrogen-bond acceptors (Lipinski definition) is 4. The van der Waals surface area contributed by atoms with Gasteiger partial charge in [0.1, 0.15) is 16.4 Å². The van der Waals surface area contributed by atoms with Crippen molar-refractivity contribution in [2.24, 2.45) is 0 Å². The van der Waals surface area contributed by atoms with Crippen LogP contribution >= 0.6 is 0 Å². The molecule has 3 rings (SSSR count). The minimum atomic E-state index is -4.51. The zero-order valence-corrected chi connectivity index (χ0v) is 13.2. The fourth-order valence-electron chi connectivity index (χ4n) is 2.55. The normalized spacial score (nSPS) is 11.4. The first-order valence-electron chi connectivity index (χ1n) is 7.05. The highest BCUT2D eigenvalue weighted by molar-refractivity contribution is 7.86. The van der Waals surface area contributed by atoms with Crippen LogP contribution in [-0.2, 0) is 10.1 Å². The van der Waals surface area contributed by atoms with Gasteiger partial charge in [0.15, 0.2) is 0 Å². The summed E-state index contributed by atoms with van der Waals surface area (Å²) in [6.45, 7) is 0. The average Bonchev–Trinajstić information content (AvgIpc) is 2.55. The molecule has 0 heterocycles. The van der Waals surface area contributed by atoms with Gasteiger partial charge in [0.05, 0.1) is 0 Å². The van der Waals surface area contributed by atoms with Gasteiger partial charge < -0.3 is 10.2 Å². The zero-order valence-electron chi connectivity index (χ0n) is 12.4. The van der Waals surface area contributed by atoms with Gasteiger partial charge in [-0.2, -0.15) is 8.42 Å². The predicted octanol–water partition coefficient (Wildman–Crippen LogP) is 3.68. The van der Waals surface area contributed by atoms with Crippen LogP contribution in [0.2, 0.25) is 0 Å². The Morgan fingerprint density at radius 2 is 1.00 bits per heavy atom. The van der Waals surface area contributed by atoms with Crippen LogP contribution in [0.3, 0.4) is 0 Å². The van der Waals surface area contributed by atoms with Crippen molar-refractivity contribution < 1.29 is 23.2 Å². The van der Waals surface area contributed by atoms with Gasteiger partial charge in [-0.05, 0) is 35.4 Å². The Labute approximate surface area is 139 Å². The molecule has 3 aromatic rings. The number of phenolic OH excluding ortho intramolecular Hbond substituents is 2. The summed E-state index contributed by atoms with van der Waals surface area (Å²) in [6.07, 6.45) is 0. The fraction of sp³-hybridized carbons (Fsp3) is 0. The minimum absolute atomic E-state index is 0.0573. The number of benzene rings is 3. The number of rotatable bonds is 3. The van der Waals surface area contributed by atoms with E-state index in [-0.39, 0.29) is 16.4 Å². The highest BCUT2D eigenvalue weighted by atomic mass is 32.2. The summed E-state index contributed by atoms with van der Waals surface area (Å²) in [5.41, 5.74) is 1.73. The highest BCUT2D eigenvalue weighted by Gasteiger charge is 2.22. The Balaban J connectivity index is 2.30. The maximum Gasteiger partial charge on any atom is 0.295 e. The highest BCUT2D eigenvalue weighted by Crippen LogP contribution is 2.36. The van der Waals surface area contributed by atoms with E-state index in [1.54, 1.807) is 42.5 Å². The Hall–Kier alpha value is -2.83. The van der Waals surface area contributed by atoms with Crippen LogP contribution < -0.4 is 0 Å². The molecule has 0 aliphatic rings. The molecule has 122 valence electrons. The third-order valence-electron chi connectivity index (χ3n) is 3.63. The second-order valence-electron chi connectivity index (χ2n) is 5.25. The molecule has 5 nitrogen and oxygen atoms in total. The molecule has 0 fully saturated rings. The predicted molar refractivity (Wildman–Crippen MR) is 90.5 cm³/mol. The number of hydrogen-bond donors (Lipinski definition) is 3. The van der Waals surface area contributed by atoms with Crippen LogP contribution in [0, 0.1) is 0 Å². The lowest BCUT2D eigenvalue weighted by atomic mass is 9.98. The maximum atomic E-state index is 12.0. The van der Waals surface area contributed by atoms with Crippen molar-refractivity contribution in [2.45, 2.75) is 4.90 Å². The Bertz CT molecular complexity index is 911. The molecule has 0 bridgehead atoms. The first-order chi connectivity index (χ1) is 11.4. The summed E-state index contributed by atoms with van der Waals surface area (Å²) < 4.78 is 33.8. The molecule has 24 heavy (non-hydrogen) atoms. The Morgan fingerprint density at radius 1 is 0.625 bits per heavy atom. The lowest BCUT2D eigenvalue weighted by molar-refractivity contribution is 0.475. The van der Waals surface area contributed by atoms with Gasteiger partial charge in [0.25, 0.3) is 10.1 Å². The Morgan fingerprint density at radius 3 is 1.33 bits per heavy atom. The molecular formula is C18H14O5S. The molecule has 0 radical (unpaired) electrons. The molecule has 0 aromatic heterocycles. The summed E-state index contributed by atoms with van der Waals surface area (Å²) in [5, 5.41) is 18.8. The summed E-state index contributed by atoms with van der Waals surface area (Å²) in [4.78, 5) is -0.221. The second-order valence-corrected chi connectivity index (χ2v) is 6.61. The zero-order chi connectivity index (χ0) is 17.3. The van der Waals surface area contributed by atoms with E-state index in [0.29, 0.717) is 22.3 Å². The van der Waals surface area contributed by atoms with Crippen LogP contribution in [0.1, 0.15) is 0 Å². The van der Waals surface area contributed by atoms with Crippen LogP contribution in [0.25, 0.3) is 22.3 Å². The summed E-state index contributed by atoms with van der Waals surface area (Å²) in [5.74, 6) is 0.115. The van der Waals surface area contributed by atoms with Crippen molar-refractivity contribution in [1.82, 2.24) is 0 Å². The summed E-state index contributed by atoms with van der Waals surface area (Å²) >= 11 is 0. The SMILES string of the molecule is O=S(=O)(O)c1c(-c2ccc(O)cc2)cccc1-c1ccc(O)cc1. The molecule has 6 heteroatoms. The average molecular weight is 342 g/mol. The van der Waals surface area contributed by atoms with E-state index in [4.69, 9.17) is 0 Å². The van der Waals surface area contributed by atoms with Crippen LogP contribution in [-0.4, -0.2) is 23.2 Å². The van der Waals surface area contributed by atoms with Crippen LogP contribution in [0.4, 0.5) is 0 Å². The van der Waals surface area contributed by atoms with E-state index in [0.717, 1.165) is 0 Å². The van der Waals surface area contributed by atoms with Gasteiger partial charge in [-0.1, -0.05) is 42.5 Å². The minimum Gasteiger partial charge on any atom is -0.508 e. The number of phenols is 2. The summed E-state index contributed by atoms with van der Waals surface area (Å²) in [6, 6.07) is 16.9. The topological polar surface area (TPSA) is 94.8 Å². The van der Waals surface area contributed by atoms with Crippen molar-refractivity contribution in [3.8, 4) is 33.8 Å². The molecule has 0 saturated carbocycles. The van der Waals surface area contributed by atoms with Crippen LogP contribution in [0.15, 0.2) is 71.6 Å². The molecule has 0 saturated heterocycles. The van der Waals surface area contributed by atoms with Crippen molar-refractivity contribution in [3.63, 3.8) is 0 Å². The first kappa shape index (κ1) is 16.0. The van der Waals surface area contributed by atoms with E-state index in [9.17, 15) is 23.2 Å². The molecule has 0 amide bonds. The largest absolute Gasteiger partial charge is 0.508 e. The lowest BCUT2D eigenvalue weighted by Crippen LogP contribution is -2.03. The van der Waals surface area contributed by atoms with E-state index in [2.05, 4.69) is 0 Å². The van der Waals surface area contributed by atoms with Gasteiger partial charge >= 0.3 is 0 Å². The van der Waals surface area contributed by atoms with Crippen molar-refractivity contribution in [2.75, 3.05) is 0 Å².